The van der Waals surface area contributed by atoms with E-state index in [0.29, 0.717) is 12.4 Å². The lowest BCUT2D eigenvalue weighted by atomic mass is 10.0. The lowest BCUT2D eigenvalue weighted by Crippen LogP contribution is -2.16. The number of nitrogens with one attached hydrogen (secondary N) is 2. The second-order valence-electron chi connectivity index (χ2n) is 4.56. The molecule has 0 saturated carbocycles. The van der Waals surface area contributed by atoms with Crippen LogP contribution < -0.4 is 10.6 Å². The maximum absolute atomic E-state index is 11.9. The van der Waals surface area contributed by atoms with Crippen molar-refractivity contribution in [2.45, 2.75) is 33.1 Å². The highest BCUT2D eigenvalue weighted by molar-refractivity contribution is 5.58. The van der Waals surface area contributed by atoms with E-state index in [1.165, 1.54) is 6.33 Å². The first kappa shape index (κ1) is 16.6. The monoisotopic (exact) mass is 288 g/mol. The van der Waals surface area contributed by atoms with Gasteiger partial charge < -0.3 is 15.4 Å². The highest BCUT2D eigenvalue weighted by Gasteiger charge is 2.14. The quantitative estimate of drug-likeness (QED) is 0.684. The molecule has 0 atom stereocenters. The van der Waals surface area contributed by atoms with Gasteiger partial charge in [0, 0.05) is 18.7 Å². The molecule has 0 saturated heterocycles. The summed E-state index contributed by atoms with van der Waals surface area (Å²) in [6, 6.07) is 0. The topological polar surface area (TPSA) is 59.1 Å². The lowest BCUT2D eigenvalue weighted by molar-refractivity contribution is 0.0214. The number of anilines is 2. The summed E-state index contributed by atoms with van der Waals surface area (Å²) < 4.78 is 28.7. The van der Waals surface area contributed by atoms with Gasteiger partial charge in [-0.05, 0) is 12.8 Å². The Hall–Kier alpha value is -1.50. The van der Waals surface area contributed by atoms with E-state index in [-0.39, 0.29) is 12.5 Å². The fraction of sp³-hybridized carbons (Fsp3) is 0.692. The minimum Gasteiger partial charge on any atom is -0.374 e. The lowest BCUT2D eigenvalue weighted by Gasteiger charge is -2.17. The molecule has 1 aromatic heterocycles. The molecule has 20 heavy (non-hydrogen) atoms. The Kier molecular flexibility index (Phi) is 7.14. The molecule has 0 bridgehead atoms. The van der Waals surface area contributed by atoms with Crippen molar-refractivity contribution in [2.24, 2.45) is 0 Å². The zero-order valence-corrected chi connectivity index (χ0v) is 12.1. The van der Waals surface area contributed by atoms with Crippen molar-refractivity contribution in [2.75, 3.05) is 36.9 Å². The molecule has 0 aliphatic rings. The summed E-state index contributed by atoms with van der Waals surface area (Å²) in [5.74, 6) is 1.76. The van der Waals surface area contributed by atoms with Crippen LogP contribution in [0.1, 0.15) is 32.3 Å². The van der Waals surface area contributed by atoms with Crippen LogP contribution in [0.3, 0.4) is 0 Å². The normalized spacial score (nSPS) is 11.2. The summed E-state index contributed by atoms with van der Waals surface area (Å²) in [5.41, 5.74) is 0.989. The van der Waals surface area contributed by atoms with Crippen molar-refractivity contribution in [3.05, 3.63) is 11.9 Å². The Labute approximate surface area is 118 Å². The van der Waals surface area contributed by atoms with E-state index < -0.39 is 13.0 Å². The fourth-order valence-corrected chi connectivity index (χ4v) is 1.81. The molecule has 0 spiro atoms. The first-order valence-corrected chi connectivity index (χ1v) is 6.74. The second kappa shape index (κ2) is 8.63. The minimum atomic E-state index is -2.43. The third kappa shape index (κ3) is 5.24. The Balaban J connectivity index is 2.62. The zero-order chi connectivity index (χ0) is 15.0. The van der Waals surface area contributed by atoms with Gasteiger partial charge in [0.2, 0.25) is 0 Å². The van der Waals surface area contributed by atoms with Crippen LogP contribution in [0.25, 0.3) is 0 Å². The van der Waals surface area contributed by atoms with Crippen LogP contribution >= 0.6 is 0 Å². The number of alkyl halides is 2. The third-order valence-corrected chi connectivity index (χ3v) is 2.59. The predicted octanol–water partition coefficient (Wildman–Crippen LogP) is 2.73. The molecule has 5 nitrogen and oxygen atoms in total. The summed E-state index contributed by atoms with van der Waals surface area (Å²) in [5, 5.41) is 6.30. The van der Waals surface area contributed by atoms with E-state index in [1.54, 1.807) is 0 Å². The number of hydrogen-bond acceptors (Lipinski definition) is 5. The van der Waals surface area contributed by atoms with Gasteiger partial charge in [0.15, 0.2) is 0 Å². The summed E-state index contributed by atoms with van der Waals surface area (Å²) in [6.45, 7) is 6.98. The predicted molar refractivity (Wildman–Crippen MR) is 75.6 cm³/mol. The summed E-state index contributed by atoms with van der Waals surface area (Å²) in [4.78, 5) is 8.43. The van der Waals surface area contributed by atoms with E-state index in [1.807, 2.05) is 6.92 Å². The van der Waals surface area contributed by atoms with Gasteiger partial charge >= 0.3 is 0 Å². The molecule has 1 aromatic rings. The number of aromatic nitrogens is 2. The molecule has 114 valence electrons. The number of nitrogens with zero attached hydrogens (tertiary/aromatic N) is 2. The van der Waals surface area contributed by atoms with Gasteiger partial charge in [-0.3, -0.25) is 0 Å². The first-order valence-electron chi connectivity index (χ1n) is 6.74. The van der Waals surface area contributed by atoms with Gasteiger partial charge in [-0.2, -0.15) is 0 Å². The average molecular weight is 288 g/mol. The molecule has 2 N–H and O–H groups in total. The van der Waals surface area contributed by atoms with Crippen molar-refractivity contribution >= 4 is 11.6 Å². The van der Waals surface area contributed by atoms with Crippen LogP contribution in [-0.2, 0) is 4.74 Å². The van der Waals surface area contributed by atoms with Gasteiger partial charge in [0.1, 0.15) is 24.6 Å². The van der Waals surface area contributed by atoms with Crippen LogP contribution in [0, 0.1) is 0 Å². The van der Waals surface area contributed by atoms with Crippen molar-refractivity contribution < 1.29 is 13.5 Å². The largest absolute Gasteiger partial charge is 0.374 e. The standard InChI is InChI=1S/C13H22F2N4O/c1-4-16-12-11(9(2)3)13(19-8-18-12)17-5-6-20-7-10(14)15/h8-10H,4-7H2,1-3H3,(H2,16,17,18,19). The molecule has 1 heterocycles. The van der Waals surface area contributed by atoms with Crippen molar-refractivity contribution in [1.82, 2.24) is 9.97 Å². The van der Waals surface area contributed by atoms with E-state index in [4.69, 9.17) is 4.74 Å². The summed E-state index contributed by atoms with van der Waals surface area (Å²) in [6.07, 6.45) is -0.952. The maximum atomic E-state index is 11.9. The van der Waals surface area contributed by atoms with Crippen LogP contribution in [0.4, 0.5) is 20.4 Å². The molecule has 0 fully saturated rings. The highest BCUT2D eigenvalue weighted by atomic mass is 19.3. The van der Waals surface area contributed by atoms with E-state index in [0.717, 1.165) is 17.9 Å². The van der Waals surface area contributed by atoms with Gasteiger partial charge in [-0.25, -0.2) is 18.7 Å². The van der Waals surface area contributed by atoms with Crippen LogP contribution in [0.5, 0.6) is 0 Å². The van der Waals surface area contributed by atoms with E-state index in [2.05, 4.69) is 34.4 Å². The zero-order valence-electron chi connectivity index (χ0n) is 12.1. The molecular weight excluding hydrogens is 266 g/mol. The van der Waals surface area contributed by atoms with Gasteiger partial charge in [0.25, 0.3) is 6.43 Å². The minimum absolute atomic E-state index is 0.211. The van der Waals surface area contributed by atoms with Crippen LogP contribution in [0.15, 0.2) is 6.33 Å². The molecule has 0 aromatic carbocycles. The molecule has 7 heteroatoms. The molecule has 0 aliphatic heterocycles. The van der Waals surface area contributed by atoms with Crippen LogP contribution in [0.2, 0.25) is 0 Å². The SMILES string of the molecule is CCNc1ncnc(NCCOCC(F)F)c1C(C)C. The molecule has 1 rings (SSSR count). The molecule has 0 unspecified atom stereocenters. The number of hydrogen-bond donors (Lipinski definition) is 2. The van der Waals surface area contributed by atoms with Gasteiger partial charge in [-0.15, -0.1) is 0 Å². The maximum Gasteiger partial charge on any atom is 0.261 e. The third-order valence-electron chi connectivity index (χ3n) is 2.59. The Morgan fingerprint density at radius 3 is 2.40 bits per heavy atom. The number of ether oxygens (including phenoxy) is 1. The second-order valence-corrected chi connectivity index (χ2v) is 4.56. The summed E-state index contributed by atoms with van der Waals surface area (Å²) >= 11 is 0. The number of halogens is 2. The first-order chi connectivity index (χ1) is 9.56. The van der Waals surface area contributed by atoms with Crippen LogP contribution in [-0.4, -0.2) is 42.7 Å². The van der Waals surface area contributed by atoms with Crippen molar-refractivity contribution in [3.63, 3.8) is 0 Å². The van der Waals surface area contributed by atoms with E-state index >= 15 is 0 Å². The van der Waals surface area contributed by atoms with E-state index in [9.17, 15) is 8.78 Å². The smallest absolute Gasteiger partial charge is 0.261 e. The molecule has 0 aliphatic carbocycles. The van der Waals surface area contributed by atoms with Crippen molar-refractivity contribution in [1.29, 1.82) is 0 Å². The molecule has 0 radical (unpaired) electrons. The Bertz CT molecular complexity index is 402. The highest BCUT2D eigenvalue weighted by Crippen LogP contribution is 2.27. The molecular formula is C13H22F2N4O. The fourth-order valence-electron chi connectivity index (χ4n) is 1.81. The van der Waals surface area contributed by atoms with Gasteiger partial charge in [-0.1, -0.05) is 13.8 Å². The number of rotatable bonds is 9. The molecule has 0 amide bonds. The van der Waals surface area contributed by atoms with Crippen molar-refractivity contribution in [3.8, 4) is 0 Å². The summed E-state index contributed by atoms with van der Waals surface area (Å²) in [7, 11) is 0. The van der Waals surface area contributed by atoms with Gasteiger partial charge in [0.05, 0.1) is 6.61 Å². The average Bonchev–Trinajstić information content (AvgIpc) is 2.38. The Morgan fingerprint density at radius 1 is 1.20 bits per heavy atom. The Morgan fingerprint density at radius 2 is 1.85 bits per heavy atom.